The van der Waals surface area contributed by atoms with E-state index in [9.17, 15) is 8.78 Å². The molecule has 0 amide bonds. The summed E-state index contributed by atoms with van der Waals surface area (Å²) in [5, 5.41) is 3.77. The molecule has 0 saturated carbocycles. The molecule has 0 radical (unpaired) electrons. The van der Waals surface area contributed by atoms with Crippen molar-refractivity contribution in [1.82, 2.24) is 14.8 Å². The lowest BCUT2D eigenvalue weighted by Gasteiger charge is -2.13. The summed E-state index contributed by atoms with van der Waals surface area (Å²) in [6.45, 7) is -0.793. The van der Waals surface area contributed by atoms with Crippen LogP contribution in [-0.4, -0.2) is 21.3 Å². The minimum atomic E-state index is -3.17. The lowest BCUT2D eigenvalue weighted by atomic mass is 10.3. The molecule has 0 unspecified atom stereocenters. The van der Waals surface area contributed by atoms with Crippen LogP contribution in [0.25, 0.3) is 5.69 Å². The first-order valence-corrected chi connectivity index (χ1v) is 4.69. The van der Waals surface area contributed by atoms with Crippen molar-refractivity contribution in [1.29, 1.82) is 0 Å². The predicted octanol–water partition coefficient (Wildman–Crippen LogP) is 1.32. The average molecular weight is 224 g/mol. The van der Waals surface area contributed by atoms with Crippen LogP contribution >= 0.6 is 0 Å². The van der Waals surface area contributed by atoms with Gasteiger partial charge in [-0.1, -0.05) is 18.2 Å². The molecule has 4 nitrogen and oxygen atoms in total. The van der Waals surface area contributed by atoms with Crippen LogP contribution in [0, 0.1) is 0 Å². The Morgan fingerprint density at radius 2 is 1.94 bits per heavy atom. The van der Waals surface area contributed by atoms with Crippen molar-refractivity contribution in [2.24, 2.45) is 5.73 Å². The van der Waals surface area contributed by atoms with E-state index in [2.05, 4.69) is 10.1 Å². The summed E-state index contributed by atoms with van der Waals surface area (Å²) >= 11 is 0. The van der Waals surface area contributed by atoms with E-state index in [0.717, 1.165) is 11.0 Å². The Bertz CT molecular complexity index is 467. The zero-order valence-electron chi connectivity index (χ0n) is 8.35. The smallest absolute Gasteiger partial charge is 0.318 e. The van der Waals surface area contributed by atoms with Crippen LogP contribution < -0.4 is 5.73 Å². The Labute approximate surface area is 90.7 Å². The van der Waals surface area contributed by atoms with Gasteiger partial charge in [-0.2, -0.15) is 13.9 Å². The maximum Gasteiger partial charge on any atom is 0.318 e. The third kappa shape index (κ3) is 1.79. The van der Waals surface area contributed by atoms with Gasteiger partial charge in [-0.15, -0.1) is 0 Å². The van der Waals surface area contributed by atoms with Crippen LogP contribution in [0.2, 0.25) is 0 Å². The van der Waals surface area contributed by atoms with Crippen molar-refractivity contribution in [3.05, 3.63) is 42.5 Å². The maximum absolute atomic E-state index is 13.4. The van der Waals surface area contributed by atoms with Gasteiger partial charge in [0.15, 0.2) is 0 Å². The molecule has 0 aliphatic carbocycles. The summed E-state index contributed by atoms with van der Waals surface area (Å²) in [4.78, 5) is 3.56. The van der Waals surface area contributed by atoms with Gasteiger partial charge in [0.05, 0.1) is 12.2 Å². The molecular formula is C10H10F2N4. The summed E-state index contributed by atoms with van der Waals surface area (Å²) in [5.74, 6) is -3.62. The zero-order chi connectivity index (χ0) is 11.6. The highest BCUT2D eigenvalue weighted by atomic mass is 19.3. The Balaban J connectivity index is 2.49. The van der Waals surface area contributed by atoms with Gasteiger partial charge in [-0.25, -0.2) is 9.67 Å². The number of benzene rings is 1. The van der Waals surface area contributed by atoms with Gasteiger partial charge in [0.25, 0.3) is 0 Å². The molecule has 2 N–H and O–H groups in total. The van der Waals surface area contributed by atoms with Crippen LogP contribution in [0.15, 0.2) is 36.7 Å². The second-order valence-corrected chi connectivity index (χ2v) is 3.24. The monoisotopic (exact) mass is 224 g/mol. The standard InChI is InChI=1S/C10H10F2N4/c11-10(12,6-13)9-14-7-15-16(9)8-4-2-1-3-5-8/h1-5,7H,6,13H2. The molecule has 0 bridgehead atoms. The van der Waals surface area contributed by atoms with E-state index < -0.39 is 18.3 Å². The third-order valence-corrected chi connectivity index (χ3v) is 2.13. The minimum absolute atomic E-state index is 0.443. The number of rotatable bonds is 3. The van der Waals surface area contributed by atoms with Gasteiger partial charge in [-0.3, -0.25) is 0 Å². The molecule has 84 valence electrons. The van der Waals surface area contributed by atoms with Crippen molar-refractivity contribution >= 4 is 0 Å². The minimum Gasteiger partial charge on any atom is -0.325 e. The summed E-state index contributed by atoms with van der Waals surface area (Å²) in [6, 6.07) is 8.61. The Morgan fingerprint density at radius 1 is 1.25 bits per heavy atom. The molecule has 0 saturated heterocycles. The van der Waals surface area contributed by atoms with Crippen molar-refractivity contribution < 1.29 is 8.78 Å². The summed E-state index contributed by atoms with van der Waals surface area (Å²) in [5.41, 5.74) is 5.54. The van der Waals surface area contributed by atoms with Gasteiger partial charge in [0.2, 0.25) is 5.82 Å². The predicted molar refractivity (Wildman–Crippen MR) is 54.3 cm³/mol. The molecule has 0 atom stereocenters. The first-order valence-electron chi connectivity index (χ1n) is 4.69. The lowest BCUT2D eigenvalue weighted by molar-refractivity contribution is -0.00560. The number of para-hydroxylation sites is 1. The molecule has 0 fully saturated rings. The average Bonchev–Trinajstić information content (AvgIpc) is 2.80. The van der Waals surface area contributed by atoms with Crippen molar-refractivity contribution in [3.8, 4) is 5.69 Å². The number of nitrogens with zero attached hydrogens (tertiary/aromatic N) is 3. The van der Waals surface area contributed by atoms with E-state index in [1.807, 2.05) is 0 Å². The van der Waals surface area contributed by atoms with Crippen LogP contribution in [0.1, 0.15) is 5.82 Å². The Hall–Kier alpha value is -1.82. The fourth-order valence-corrected chi connectivity index (χ4v) is 1.34. The SMILES string of the molecule is NCC(F)(F)c1ncnn1-c1ccccc1. The number of aromatic nitrogens is 3. The van der Waals surface area contributed by atoms with Gasteiger partial charge >= 0.3 is 5.92 Å². The maximum atomic E-state index is 13.4. The van der Waals surface area contributed by atoms with E-state index in [4.69, 9.17) is 5.73 Å². The summed E-state index contributed by atoms with van der Waals surface area (Å²) < 4.78 is 27.9. The number of hydrogen-bond donors (Lipinski definition) is 1. The molecule has 0 spiro atoms. The van der Waals surface area contributed by atoms with Crippen molar-refractivity contribution in [2.75, 3.05) is 6.54 Å². The number of hydrogen-bond acceptors (Lipinski definition) is 3. The largest absolute Gasteiger partial charge is 0.325 e. The van der Waals surface area contributed by atoms with Gasteiger partial charge in [-0.05, 0) is 12.1 Å². The third-order valence-electron chi connectivity index (χ3n) is 2.13. The van der Waals surface area contributed by atoms with Crippen LogP contribution in [0.4, 0.5) is 8.78 Å². The molecular weight excluding hydrogens is 214 g/mol. The second kappa shape index (κ2) is 3.97. The molecule has 0 aliphatic rings. The Morgan fingerprint density at radius 3 is 2.56 bits per heavy atom. The van der Waals surface area contributed by atoms with E-state index >= 15 is 0 Å². The molecule has 1 aromatic carbocycles. The lowest BCUT2D eigenvalue weighted by Crippen LogP contribution is -2.29. The van der Waals surface area contributed by atoms with E-state index in [-0.39, 0.29) is 0 Å². The highest BCUT2D eigenvalue weighted by Crippen LogP contribution is 2.25. The molecule has 2 rings (SSSR count). The molecule has 0 aliphatic heterocycles. The zero-order valence-corrected chi connectivity index (χ0v) is 8.35. The summed E-state index contributed by atoms with van der Waals surface area (Å²) in [7, 11) is 0. The van der Waals surface area contributed by atoms with E-state index in [1.54, 1.807) is 30.3 Å². The van der Waals surface area contributed by atoms with E-state index in [0.29, 0.717) is 5.69 Å². The molecule has 1 heterocycles. The second-order valence-electron chi connectivity index (χ2n) is 3.24. The van der Waals surface area contributed by atoms with Gasteiger partial charge in [0.1, 0.15) is 6.33 Å². The highest BCUT2D eigenvalue weighted by Gasteiger charge is 2.35. The number of halogens is 2. The normalized spacial score (nSPS) is 11.7. The molecule has 2 aromatic rings. The van der Waals surface area contributed by atoms with Gasteiger partial charge < -0.3 is 5.73 Å². The number of nitrogens with two attached hydrogens (primary N) is 1. The van der Waals surface area contributed by atoms with E-state index in [1.165, 1.54) is 0 Å². The van der Waals surface area contributed by atoms with Crippen molar-refractivity contribution in [2.45, 2.75) is 5.92 Å². The quantitative estimate of drug-likeness (QED) is 0.855. The summed E-state index contributed by atoms with van der Waals surface area (Å²) in [6.07, 6.45) is 1.09. The van der Waals surface area contributed by atoms with Crippen LogP contribution in [-0.2, 0) is 5.92 Å². The first-order chi connectivity index (χ1) is 7.65. The molecule has 1 aromatic heterocycles. The fraction of sp³-hybridized carbons (Fsp3) is 0.200. The Kier molecular flexibility index (Phi) is 2.66. The number of alkyl halides is 2. The van der Waals surface area contributed by atoms with Crippen LogP contribution in [0.5, 0.6) is 0 Å². The van der Waals surface area contributed by atoms with Crippen molar-refractivity contribution in [3.63, 3.8) is 0 Å². The fourth-order valence-electron chi connectivity index (χ4n) is 1.34. The topological polar surface area (TPSA) is 56.7 Å². The molecule has 16 heavy (non-hydrogen) atoms. The first kappa shape index (κ1) is 10.7. The molecule has 6 heteroatoms. The van der Waals surface area contributed by atoms with Crippen LogP contribution in [0.3, 0.4) is 0 Å². The highest BCUT2D eigenvalue weighted by molar-refractivity contribution is 5.31. The van der Waals surface area contributed by atoms with Gasteiger partial charge in [0, 0.05) is 0 Å².